The number of benzene rings is 1. The molecule has 66 valence electrons. The van der Waals surface area contributed by atoms with Crippen LogP contribution in [0.2, 0.25) is 5.02 Å². The van der Waals surface area contributed by atoms with Crippen LogP contribution in [0.1, 0.15) is 10.4 Å². The summed E-state index contributed by atoms with van der Waals surface area (Å²) in [5, 5.41) is 9.17. The molecule has 1 aromatic heterocycles. The van der Waals surface area contributed by atoms with Crippen molar-refractivity contribution in [2.75, 3.05) is 0 Å². The van der Waals surface area contributed by atoms with Crippen LogP contribution in [0.25, 0.3) is 10.2 Å². The third kappa shape index (κ3) is 1.38. The van der Waals surface area contributed by atoms with Crippen LogP contribution in [0.15, 0.2) is 17.6 Å². The van der Waals surface area contributed by atoms with Gasteiger partial charge >= 0.3 is 5.97 Å². The first-order chi connectivity index (χ1) is 6.18. The number of aromatic carboxylic acids is 1. The van der Waals surface area contributed by atoms with Gasteiger partial charge in [-0.15, -0.1) is 11.3 Å². The lowest BCUT2D eigenvalue weighted by Crippen LogP contribution is -1.95. The zero-order valence-electron chi connectivity index (χ0n) is 6.32. The zero-order valence-corrected chi connectivity index (χ0v) is 7.89. The van der Waals surface area contributed by atoms with Crippen molar-refractivity contribution in [3.8, 4) is 0 Å². The Hall–Kier alpha value is -1.13. The van der Waals surface area contributed by atoms with Gasteiger partial charge in [-0.3, -0.25) is 0 Å². The minimum atomic E-state index is -0.989. The number of fused-ring (bicyclic) bond motifs is 1. The monoisotopic (exact) mass is 213 g/mol. The van der Waals surface area contributed by atoms with Gasteiger partial charge < -0.3 is 5.11 Å². The first-order valence-electron chi connectivity index (χ1n) is 3.44. The Morgan fingerprint density at radius 2 is 2.31 bits per heavy atom. The molecule has 2 aromatic rings. The van der Waals surface area contributed by atoms with Gasteiger partial charge in [0.15, 0.2) is 0 Å². The van der Waals surface area contributed by atoms with E-state index < -0.39 is 5.97 Å². The van der Waals surface area contributed by atoms with E-state index >= 15 is 0 Å². The van der Waals surface area contributed by atoms with E-state index in [0.29, 0.717) is 10.5 Å². The average molecular weight is 214 g/mol. The molecule has 0 bridgehead atoms. The molecule has 3 nitrogen and oxygen atoms in total. The van der Waals surface area contributed by atoms with Crippen molar-refractivity contribution >= 4 is 39.1 Å². The van der Waals surface area contributed by atoms with Gasteiger partial charge in [0.05, 0.1) is 26.3 Å². The molecule has 0 aliphatic carbocycles. The quantitative estimate of drug-likeness (QED) is 0.792. The summed E-state index contributed by atoms with van der Waals surface area (Å²) in [6.45, 7) is 0. The molecular weight excluding hydrogens is 210 g/mol. The van der Waals surface area contributed by atoms with Crippen LogP contribution >= 0.6 is 22.9 Å². The number of hydrogen-bond donors (Lipinski definition) is 1. The molecule has 0 atom stereocenters. The van der Waals surface area contributed by atoms with Crippen molar-refractivity contribution in [1.82, 2.24) is 4.98 Å². The minimum Gasteiger partial charge on any atom is -0.478 e. The fraction of sp³-hybridized carbons (Fsp3) is 0. The van der Waals surface area contributed by atoms with E-state index in [1.807, 2.05) is 0 Å². The van der Waals surface area contributed by atoms with Crippen molar-refractivity contribution in [1.29, 1.82) is 0 Å². The first-order valence-corrected chi connectivity index (χ1v) is 4.70. The van der Waals surface area contributed by atoms with Gasteiger partial charge in [0, 0.05) is 0 Å². The lowest BCUT2D eigenvalue weighted by Gasteiger charge is -1.95. The highest BCUT2D eigenvalue weighted by Crippen LogP contribution is 2.27. The van der Waals surface area contributed by atoms with Crippen molar-refractivity contribution in [3.63, 3.8) is 0 Å². The highest BCUT2D eigenvalue weighted by molar-refractivity contribution is 7.17. The Labute approximate surface area is 82.6 Å². The molecule has 0 spiro atoms. The standard InChI is InChI=1S/C8H4ClNO2S/c9-5-1-4(8(11)12)2-6-7(5)13-3-10-6/h1-3H,(H,11,12). The summed E-state index contributed by atoms with van der Waals surface area (Å²) >= 11 is 7.25. The van der Waals surface area contributed by atoms with Crippen molar-refractivity contribution < 1.29 is 9.90 Å². The summed E-state index contributed by atoms with van der Waals surface area (Å²) < 4.78 is 0.826. The van der Waals surface area contributed by atoms with Crippen LogP contribution in [0.4, 0.5) is 0 Å². The molecule has 0 saturated carbocycles. The number of carbonyl (C=O) groups is 1. The maximum absolute atomic E-state index is 10.6. The summed E-state index contributed by atoms with van der Waals surface area (Å²) in [7, 11) is 0. The highest BCUT2D eigenvalue weighted by atomic mass is 35.5. The minimum absolute atomic E-state index is 0.170. The molecule has 0 unspecified atom stereocenters. The van der Waals surface area contributed by atoms with Gasteiger partial charge in [-0.25, -0.2) is 9.78 Å². The van der Waals surface area contributed by atoms with Gasteiger partial charge in [-0.2, -0.15) is 0 Å². The fourth-order valence-corrected chi connectivity index (χ4v) is 2.07. The normalized spacial score (nSPS) is 10.5. The third-order valence-corrected chi connectivity index (χ3v) is 2.92. The largest absolute Gasteiger partial charge is 0.478 e. The summed E-state index contributed by atoms with van der Waals surface area (Å²) in [4.78, 5) is 14.6. The number of carboxylic acids is 1. The van der Waals surface area contributed by atoms with Gasteiger partial charge in [0.25, 0.3) is 0 Å². The van der Waals surface area contributed by atoms with Gasteiger partial charge in [-0.1, -0.05) is 11.6 Å². The van der Waals surface area contributed by atoms with Crippen molar-refractivity contribution in [3.05, 3.63) is 28.2 Å². The molecule has 1 aromatic carbocycles. The van der Waals surface area contributed by atoms with E-state index in [2.05, 4.69) is 4.98 Å². The second-order valence-corrected chi connectivity index (χ2v) is 3.73. The Morgan fingerprint density at radius 3 is 3.00 bits per heavy atom. The molecule has 2 rings (SSSR count). The predicted molar refractivity (Wildman–Crippen MR) is 51.6 cm³/mol. The van der Waals surface area contributed by atoms with Crippen LogP contribution < -0.4 is 0 Å². The Balaban J connectivity index is 2.77. The maximum Gasteiger partial charge on any atom is 0.335 e. The van der Waals surface area contributed by atoms with Crippen LogP contribution in [0, 0.1) is 0 Å². The molecule has 5 heteroatoms. The molecule has 0 amide bonds. The molecule has 0 aliphatic rings. The van der Waals surface area contributed by atoms with Gasteiger partial charge in [0.2, 0.25) is 0 Å². The van der Waals surface area contributed by atoms with Gasteiger partial charge in [-0.05, 0) is 12.1 Å². The number of nitrogens with zero attached hydrogens (tertiary/aromatic N) is 1. The number of hydrogen-bond acceptors (Lipinski definition) is 3. The van der Waals surface area contributed by atoms with Crippen LogP contribution in [-0.2, 0) is 0 Å². The van der Waals surface area contributed by atoms with E-state index in [4.69, 9.17) is 16.7 Å². The van der Waals surface area contributed by atoms with Crippen LogP contribution in [0.3, 0.4) is 0 Å². The molecule has 13 heavy (non-hydrogen) atoms. The average Bonchev–Trinajstić information content (AvgIpc) is 2.51. The number of halogens is 1. The topological polar surface area (TPSA) is 50.2 Å². The summed E-state index contributed by atoms with van der Waals surface area (Å²) in [6.07, 6.45) is 0. The van der Waals surface area contributed by atoms with Crippen molar-refractivity contribution in [2.24, 2.45) is 0 Å². The van der Waals surface area contributed by atoms with Gasteiger partial charge in [0.1, 0.15) is 0 Å². The molecule has 0 fully saturated rings. The van der Waals surface area contributed by atoms with E-state index in [1.54, 1.807) is 5.51 Å². The summed E-state index contributed by atoms with van der Waals surface area (Å²) in [5.74, 6) is -0.989. The molecule has 1 N–H and O–H groups in total. The van der Waals surface area contributed by atoms with E-state index in [-0.39, 0.29) is 5.56 Å². The second-order valence-electron chi connectivity index (χ2n) is 2.46. The molecule has 0 radical (unpaired) electrons. The summed E-state index contributed by atoms with van der Waals surface area (Å²) in [6, 6.07) is 2.95. The molecular formula is C8H4ClNO2S. The number of rotatable bonds is 1. The fourth-order valence-electron chi connectivity index (χ4n) is 1.05. The Bertz CT molecular complexity index is 480. The molecule has 0 aliphatic heterocycles. The third-order valence-electron chi connectivity index (χ3n) is 1.63. The maximum atomic E-state index is 10.6. The Kier molecular flexibility index (Phi) is 1.94. The SMILES string of the molecule is O=C(O)c1cc(Cl)c2scnc2c1. The van der Waals surface area contributed by atoms with E-state index in [9.17, 15) is 4.79 Å². The first kappa shape index (κ1) is 8.47. The highest BCUT2D eigenvalue weighted by Gasteiger charge is 2.08. The number of aromatic nitrogens is 1. The number of thiazole rings is 1. The number of carboxylic acid groups (broad SMARTS) is 1. The molecule has 1 heterocycles. The van der Waals surface area contributed by atoms with E-state index in [0.717, 1.165) is 4.70 Å². The lowest BCUT2D eigenvalue weighted by atomic mass is 10.2. The van der Waals surface area contributed by atoms with E-state index in [1.165, 1.54) is 23.5 Å². The molecule has 0 saturated heterocycles. The smallest absolute Gasteiger partial charge is 0.335 e. The second kappa shape index (κ2) is 2.97. The van der Waals surface area contributed by atoms with Crippen molar-refractivity contribution in [2.45, 2.75) is 0 Å². The lowest BCUT2D eigenvalue weighted by molar-refractivity contribution is 0.0697. The zero-order chi connectivity index (χ0) is 9.42. The van der Waals surface area contributed by atoms with Crippen LogP contribution in [-0.4, -0.2) is 16.1 Å². The Morgan fingerprint density at radius 1 is 1.54 bits per heavy atom. The summed E-state index contributed by atoms with van der Waals surface area (Å²) in [5.41, 5.74) is 2.45. The van der Waals surface area contributed by atoms with Crippen LogP contribution in [0.5, 0.6) is 0 Å². The predicted octanol–water partition coefficient (Wildman–Crippen LogP) is 2.65.